The number of nitrogens with one attached hydrogen (secondary N) is 3. The number of H-pyrrole nitrogens is 1. The van der Waals surface area contributed by atoms with Crippen molar-refractivity contribution in [3.8, 4) is 0 Å². The van der Waals surface area contributed by atoms with Gasteiger partial charge in [0, 0.05) is 30.2 Å². The lowest BCUT2D eigenvalue weighted by molar-refractivity contribution is -0.139. The maximum Gasteiger partial charge on any atom is 0.309 e. The van der Waals surface area contributed by atoms with Gasteiger partial charge in [-0.2, -0.15) is 0 Å². The van der Waals surface area contributed by atoms with Gasteiger partial charge in [-0.25, -0.2) is 0 Å². The minimum absolute atomic E-state index is 0.152. The molecule has 0 aliphatic heterocycles. The van der Waals surface area contributed by atoms with Gasteiger partial charge in [0.15, 0.2) is 0 Å². The summed E-state index contributed by atoms with van der Waals surface area (Å²) in [6, 6.07) is 17.9. The van der Waals surface area contributed by atoms with Gasteiger partial charge in [0.1, 0.15) is 0 Å². The van der Waals surface area contributed by atoms with Gasteiger partial charge in [-0.3, -0.25) is 9.59 Å². The van der Waals surface area contributed by atoms with E-state index in [1.807, 2.05) is 67.7 Å². The highest BCUT2D eigenvalue weighted by Gasteiger charge is 2.14. The Morgan fingerprint density at radius 1 is 0.962 bits per heavy atom. The van der Waals surface area contributed by atoms with Crippen LogP contribution >= 0.6 is 0 Å². The zero-order valence-corrected chi connectivity index (χ0v) is 14.8. The number of rotatable bonds is 6. The number of aromatic amines is 1. The normalized spacial score (nSPS) is 11.9. The van der Waals surface area contributed by atoms with E-state index in [-0.39, 0.29) is 5.92 Å². The molecule has 26 heavy (non-hydrogen) atoms. The first kappa shape index (κ1) is 17.7. The van der Waals surface area contributed by atoms with Gasteiger partial charge >= 0.3 is 11.8 Å². The third-order valence-corrected chi connectivity index (χ3v) is 4.50. The van der Waals surface area contributed by atoms with E-state index in [1.165, 1.54) is 0 Å². The van der Waals surface area contributed by atoms with Crippen molar-refractivity contribution in [3.05, 3.63) is 71.9 Å². The molecule has 1 heterocycles. The maximum absolute atomic E-state index is 12.0. The fourth-order valence-corrected chi connectivity index (χ4v) is 2.95. The van der Waals surface area contributed by atoms with Gasteiger partial charge in [-0.15, -0.1) is 0 Å². The van der Waals surface area contributed by atoms with Crippen LogP contribution in [0.1, 0.15) is 24.0 Å². The number of carbonyl (C=O) groups excluding carboxylic acids is 2. The number of hydrogen-bond acceptors (Lipinski definition) is 2. The number of hydrogen-bond donors (Lipinski definition) is 3. The molecule has 3 N–H and O–H groups in total. The zero-order valence-electron chi connectivity index (χ0n) is 14.8. The Hall–Kier alpha value is -3.08. The Balaban J connectivity index is 1.43. The molecule has 0 spiro atoms. The molecule has 0 bridgehead atoms. The van der Waals surface area contributed by atoms with Crippen LogP contribution in [0.3, 0.4) is 0 Å². The van der Waals surface area contributed by atoms with E-state index in [1.54, 1.807) is 0 Å². The van der Waals surface area contributed by atoms with Crippen molar-refractivity contribution in [2.45, 2.75) is 19.3 Å². The average molecular weight is 349 g/mol. The number of carbonyl (C=O) groups is 2. The number of fused-ring (bicyclic) bond motifs is 1. The Morgan fingerprint density at radius 2 is 1.65 bits per heavy atom. The van der Waals surface area contributed by atoms with Gasteiger partial charge in [-0.05, 0) is 29.5 Å². The maximum atomic E-state index is 12.0. The van der Waals surface area contributed by atoms with Crippen LogP contribution in [0.5, 0.6) is 0 Å². The van der Waals surface area contributed by atoms with Gasteiger partial charge < -0.3 is 15.6 Å². The molecule has 0 radical (unpaired) electrons. The second kappa shape index (κ2) is 8.34. The van der Waals surface area contributed by atoms with E-state index in [9.17, 15) is 9.59 Å². The average Bonchev–Trinajstić information content (AvgIpc) is 3.09. The summed E-state index contributed by atoms with van der Waals surface area (Å²) in [5.41, 5.74) is 3.33. The topological polar surface area (TPSA) is 74.0 Å². The molecule has 0 aliphatic carbocycles. The Kier molecular flexibility index (Phi) is 5.69. The first-order chi connectivity index (χ1) is 12.6. The van der Waals surface area contributed by atoms with Crippen molar-refractivity contribution in [2.75, 3.05) is 13.1 Å². The van der Waals surface area contributed by atoms with Crippen LogP contribution in [0.25, 0.3) is 10.9 Å². The molecule has 1 aromatic heterocycles. The lowest BCUT2D eigenvalue weighted by atomic mass is 10.0. The molecule has 0 fully saturated rings. The molecule has 3 rings (SSSR count). The molecule has 2 amide bonds. The van der Waals surface area contributed by atoms with Crippen molar-refractivity contribution in [2.24, 2.45) is 0 Å². The number of aromatic nitrogens is 1. The molecular formula is C21H23N3O2. The fraction of sp³-hybridized carbons (Fsp3) is 0.238. The summed E-state index contributed by atoms with van der Waals surface area (Å²) in [6.45, 7) is 2.87. The molecule has 0 saturated heterocycles. The highest BCUT2D eigenvalue weighted by molar-refractivity contribution is 6.35. The van der Waals surface area contributed by atoms with Crippen LogP contribution in [0.15, 0.2) is 60.8 Å². The predicted molar refractivity (Wildman–Crippen MR) is 103 cm³/mol. The molecular weight excluding hydrogens is 326 g/mol. The van der Waals surface area contributed by atoms with Crippen molar-refractivity contribution in [1.29, 1.82) is 0 Å². The molecule has 2 aromatic carbocycles. The van der Waals surface area contributed by atoms with Gasteiger partial charge in [0.05, 0.1) is 0 Å². The molecule has 5 heteroatoms. The van der Waals surface area contributed by atoms with E-state index >= 15 is 0 Å². The number of para-hydroxylation sites is 1. The van der Waals surface area contributed by atoms with Crippen LogP contribution in [-0.2, 0) is 16.0 Å². The highest BCUT2D eigenvalue weighted by Crippen LogP contribution is 2.17. The largest absolute Gasteiger partial charge is 0.361 e. The number of amides is 2. The van der Waals surface area contributed by atoms with Crippen molar-refractivity contribution in [1.82, 2.24) is 15.6 Å². The van der Waals surface area contributed by atoms with Crippen LogP contribution < -0.4 is 10.6 Å². The first-order valence-electron chi connectivity index (χ1n) is 8.81. The standard InChI is InChI=1S/C21H23N3O2/c1-15(16-7-3-2-4-8-16)13-24-21(26)20(25)22-12-11-17-14-23-19-10-6-5-9-18(17)19/h2-10,14-15,23H,11-13H2,1H3,(H,22,25)(H,24,26)/t15-/m1/s1. The molecule has 134 valence electrons. The van der Waals surface area contributed by atoms with Gasteiger partial charge in [-0.1, -0.05) is 55.5 Å². The van der Waals surface area contributed by atoms with Crippen molar-refractivity contribution < 1.29 is 9.59 Å². The van der Waals surface area contributed by atoms with E-state index in [4.69, 9.17) is 0 Å². The number of benzene rings is 2. The second-order valence-corrected chi connectivity index (χ2v) is 6.39. The summed E-state index contributed by atoms with van der Waals surface area (Å²) in [5, 5.41) is 6.52. The van der Waals surface area contributed by atoms with Gasteiger partial charge in [0.2, 0.25) is 0 Å². The van der Waals surface area contributed by atoms with Gasteiger partial charge in [0.25, 0.3) is 0 Å². The van der Waals surface area contributed by atoms with Crippen LogP contribution in [0, 0.1) is 0 Å². The molecule has 5 nitrogen and oxygen atoms in total. The monoisotopic (exact) mass is 349 g/mol. The summed E-state index contributed by atoms with van der Waals surface area (Å²) in [5.74, 6) is -1.03. The van der Waals surface area contributed by atoms with Crippen molar-refractivity contribution in [3.63, 3.8) is 0 Å². The molecule has 0 unspecified atom stereocenters. The quantitative estimate of drug-likeness (QED) is 0.599. The molecule has 3 aromatic rings. The van der Waals surface area contributed by atoms with Crippen LogP contribution in [0.4, 0.5) is 0 Å². The van der Waals surface area contributed by atoms with Crippen LogP contribution in [-0.4, -0.2) is 29.9 Å². The minimum Gasteiger partial charge on any atom is -0.361 e. The Morgan fingerprint density at radius 3 is 2.46 bits per heavy atom. The third kappa shape index (κ3) is 4.30. The summed E-state index contributed by atoms with van der Waals surface area (Å²) in [6.07, 6.45) is 2.61. The zero-order chi connectivity index (χ0) is 18.4. The summed E-state index contributed by atoms with van der Waals surface area (Å²) in [4.78, 5) is 27.1. The smallest absolute Gasteiger partial charge is 0.309 e. The summed E-state index contributed by atoms with van der Waals surface area (Å²) >= 11 is 0. The van der Waals surface area contributed by atoms with E-state index < -0.39 is 11.8 Å². The minimum atomic E-state index is -0.592. The van der Waals surface area contributed by atoms with E-state index in [2.05, 4.69) is 15.6 Å². The molecule has 0 saturated carbocycles. The molecule has 1 atom stereocenters. The summed E-state index contributed by atoms with van der Waals surface area (Å²) < 4.78 is 0. The highest BCUT2D eigenvalue weighted by atomic mass is 16.2. The fourth-order valence-electron chi connectivity index (χ4n) is 2.95. The Labute approximate surface area is 152 Å². The third-order valence-electron chi connectivity index (χ3n) is 4.50. The summed E-state index contributed by atoms with van der Waals surface area (Å²) in [7, 11) is 0. The lowest BCUT2D eigenvalue weighted by Gasteiger charge is -2.13. The first-order valence-corrected chi connectivity index (χ1v) is 8.81. The van der Waals surface area contributed by atoms with E-state index in [0.717, 1.165) is 22.0 Å². The second-order valence-electron chi connectivity index (χ2n) is 6.39. The predicted octanol–water partition coefficient (Wildman–Crippen LogP) is 2.75. The molecule has 0 aliphatic rings. The van der Waals surface area contributed by atoms with E-state index in [0.29, 0.717) is 19.5 Å². The van der Waals surface area contributed by atoms with Crippen molar-refractivity contribution >= 4 is 22.7 Å². The Bertz CT molecular complexity index is 886. The van der Waals surface area contributed by atoms with Crippen LogP contribution in [0.2, 0.25) is 0 Å². The SMILES string of the molecule is C[C@H](CNC(=O)C(=O)NCCc1c[nH]c2ccccc12)c1ccccc1. The lowest BCUT2D eigenvalue weighted by Crippen LogP contribution is -2.41.